The number of rotatable bonds is 39. The van der Waals surface area contributed by atoms with Gasteiger partial charge >= 0.3 is 11.9 Å². The van der Waals surface area contributed by atoms with Crippen LogP contribution < -0.4 is 0 Å². The molecule has 7 heteroatoms. The average Bonchev–Trinajstić information content (AvgIpc) is 3.69. The van der Waals surface area contributed by atoms with Gasteiger partial charge < -0.3 is 14.4 Å². The third-order valence-electron chi connectivity index (χ3n) is 11.4. The lowest BCUT2D eigenvalue weighted by Crippen LogP contribution is -2.21. The third-order valence-corrected chi connectivity index (χ3v) is 12.5. The standard InChI is InChI=1S/C47H89NO5S/c1-5-9-13-17-21-32-43(33-22-18-14-10-6-2)52-45(49)36-27-30-42(47(51)54-41-29-40-48-38-25-26-39-48)31-28-37-46(50)53-44(34-23-19-15-11-7-3)35-24-20-16-12-8-4/h42-44H,5-41H2,1-4H3. The topological polar surface area (TPSA) is 72.9 Å². The minimum absolute atomic E-state index is 0.0202. The number of carbonyl (C=O) groups is 3. The monoisotopic (exact) mass is 780 g/mol. The molecule has 0 radical (unpaired) electrons. The van der Waals surface area contributed by atoms with Crippen LogP contribution in [0.3, 0.4) is 0 Å². The predicted molar refractivity (Wildman–Crippen MR) is 232 cm³/mol. The highest BCUT2D eigenvalue weighted by Crippen LogP contribution is 2.26. The highest BCUT2D eigenvalue weighted by Gasteiger charge is 2.22. The molecular weight excluding hydrogens is 691 g/mol. The van der Waals surface area contributed by atoms with Gasteiger partial charge in [-0.05, 0) is 116 Å². The van der Waals surface area contributed by atoms with Crippen LogP contribution in [0.5, 0.6) is 0 Å². The number of hydrogen-bond donors (Lipinski definition) is 0. The molecule has 0 amide bonds. The Bertz CT molecular complexity index is 798. The van der Waals surface area contributed by atoms with E-state index in [1.54, 1.807) is 0 Å². The van der Waals surface area contributed by atoms with Gasteiger partial charge in [0.05, 0.1) is 0 Å². The van der Waals surface area contributed by atoms with Crippen molar-refractivity contribution in [2.45, 2.75) is 252 Å². The van der Waals surface area contributed by atoms with E-state index in [9.17, 15) is 14.4 Å². The SMILES string of the molecule is CCCCCCCC(CCCCCCC)OC(=O)CCCC(CCCC(=O)OC(CCCCCCC)CCCCCCC)C(=O)SCCCN1CCCC1. The van der Waals surface area contributed by atoms with Gasteiger partial charge in [-0.1, -0.05) is 142 Å². The second-order valence-electron chi connectivity index (χ2n) is 16.6. The molecule has 0 spiro atoms. The molecule has 0 saturated carbocycles. The lowest BCUT2D eigenvalue weighted by Gasteiger charge is -2.20. The summed E-state index contributed by atoms with van der Waals surface area (Å²) in [7, 11) is 0. The lowest BCUT2D eigenvalue weighted by atomic mass is 9.97. The minimum Gasteiger partial charge on any atom is -0.462 e. The van der Waals surface area contributed by atoms with Crippen molar-refractivity contribution in [2.24, 2.45) is 5.92 Å². The van der Waals surface area contributed by atoms with Crippen molar-refractivity contribution in [2.75, 3.05) is 25.4 Å². The van der Waals surface area contributed by atoms with E-state index in [2.05, 4.69) is 32.6 Å². The van der Waals surface area contributed by atoms with Gasteiger partial charge in [-0.2, -0.15) is 0 Å². The van der Waals surface area contributed by atoms with Crippen LogP contribution in [0.15, 0.2) is 0 Å². The van der Waals surface area contributed by atoms with E-state index >= 15 is 0 Å². The van der Waals surface area contributed by atoms with Crippen molar-refractivity contribution >= 4 is 28.8 Å². The molecule has 1 aliphatic rings. The Kier molecular flexibility index (Phi) is 35.4. The Labute approximate surface area is 339 Å². The number of nitrogens with zero attached hydrogens (tertiary/aromatic N) is 1. The summed E-state index contributed by atoms with van der Waals surface area (Å²) in [5.41, 5.74) is 0. The quantitative estimate of drug-likeness (QED) is 0.0454. The number of likely N-dealkylation sites (tertiary alicyclic amines) is 1. The van der Waals surface area contributed by atoms with Crippen LogP contribution in [0.25, 0.3) is 0 Å². The van der Waals surface area contributed by atoms with Crippen molar-refractivity contribution in [3.8, 4) is 0 Å². The van der Waals surface area contributed by atoms with Gasteiger partial charge in [0.25, 0.3) is 0 Å². The zero-order valence-corrected chi connectivity index (χ0v) is 37.1. The molecule has 1 fully saturated rings. The summed E-state index contributed by atoms with van der Waals surface area (Å²) >= 11 is 1.47. The first-order valence-electron chi connectivity index (χ1n) is 23.7. The first-order valence-corrected chi connectivity index (χ1v) is 24.7. The fourth-order valence-electron chi connectivity index (χ4n) is 7.87. The fraction of sp³-hybridized carbons (Fsp3) is 0.936. The van der Waals surface area contributed by atoms with Crippen LogP contribution in [0.4, 0.5) is 0 Å². The number of esters is 2. The molecule has 0 N–H and O–H groups in total. The molecule has 0 aromatic heterocycles. The number of unbranched alkanes of at least 4 members (excludes halogenated alkanes) is 16. The van der Waals surface area contributed by atoms with E-state index in [0.717, 1.165) is 70.1 Å². The van der Waals surface area contributed by atoms with Crippen LogP contribution in [0.2, 0.25) is 0 Å². The summed E-state index contributed by atoms with van der Waals surface area (Å²) < 4.78 is 12.2. The van der Waals surface area contributed by atoms with Crippen molar-refractivity contribution in [1.82, 2.24) is 4.90 Å². The number of carbonyl (C=O) groups excluding carboxylic acids is 3. The lowest BCUT2D eigenvalue weighted by molar-refractivity contribution is -0.150. The molecule has 0 aliphatic carbocycles. The van der Waals surface area contributed by atoms with Gasteiger partial charge in [-0.15, -0.1) is 0 Å². The molecule has 0 atom stereocenters. The number of hydrogen-bond acceptors (Lipinski definition) is 7. The summed E-state index contributed by atoms with van der Waals surface area (Å²) in [6, 6.07) is 0. The fourth-order valence-corrected chi connectivity index (χ4v) is 8.81. The molecular formula is C47H89NO5S. The Balaban J connectivity index is 2.68. The van der Waals surface area contributed by atoms with Gasteiger partial charge in [0.15, 0.2) is 5.12 Å². The van der Waals surface area contributed by atoms with Gasteiger partial charge in [0.2, 0.25) is 0 Å². The second kappa shape index (κ2) is 37.5. The van der Waals surface area contributed by atoms with E-state index in [0.29, 0.717) is 38.5 Å². The van der Waals surface area contributed by atoms with Gasteiger partial charge in [-0.25, -0.2) is 0 Å². The summed E-state index contributed by atoms with van der Waals surface area (Å²) in [4.78, 5) is 42.2. The Morgan fingerprint density at radius 2 is 0.852 bits per heavy atom. The van der Waals surface area contributed by atoms with Gasteiger partial charge in [-0.3, -0.25) is 14.4 Å². The third kappa shape index (κ3) is 30.1. The van der Waals surface area contributed by atoms with Crippen molar-refractivity contribution in [3.63, 3.8) is 0 Å². The van der Waals surface area contributed by atoms with Crippen LogP contribution in [0.1, 0.15) is 240 Å². The molecule has 6 nitrogen and oxygen atoms in total. The number of thioether (sulfide) groups is 1. The molecule has 1 rings (SSSR count). The van der Waals surface area contributed by atoms with Crippen molar-refractivity contribution < 1.29 is 23.9 Å². The normalized spacial score (nSPS) is 13.5. The molecule has 0 aromatic rings. The van der Waals surface area contributed by atoms with E-state index in [-0.39, 0.29) is 35.2 Å². The van der Waals surface area contributed by atoms with E-state index in [4.69, 9.17) is 9.47 Å². The molecule has 0 bridgehead atoms. The molecule has 1 aliphatic heterocycles. The van der Waals surface area contributed by atoms with E-state index < -0.39 is 0 Å². The zero-order valence-electron chi connectivity index (χ0n) is 36.3. The van der Waals surface area contributed by atoms with Gasteiger partial charge in [0.1, 0.15) is 12.2 Å². The first-order chi connectivity index (χ1) is 26.4. The first kappa shape index (κ1) is 50.9. The maximum atomic E-state index is 13.5. The predicted octanol–water partition coefficient (Wildman–Crippen LogP) is 14.0. The summed E-state index contributed by atoms with van der Waals surface area (Å²) in [6.07, 6.45) is 35.3. The summed E-state index contributed by atoms with van der Waals surface area (Å²) in [6.45, 7) is 12.4. The highest BCUT2D eigenvalue weighted by molar-refractivity contribution is 8.13. The Hall–Kier alpha value is -1.08. The molecule has 0 unspecified atom stereocenters. The highest BCUT2D eigenvalue weighted by atomic mass is 32.2. The molecule has 1 heterocycles. The molecule has 1 saturated heterocycles. The summed E-state index contributed by atoms with van der Waals surface area (Å²) in [5.74, 6) is 0.492. The van der Waals surface area contributed by atoms with Crippen LogP contribution in [-0.4, -0.2) is 59.5 Å². The summed E-state index contributed by atoms with van der Waals surface area (Å²) in [5, 5.41) is 0.229. The Morgan fingerprint density at radius 1 is 0.481 bits per heavy atom. The molecule has 54 heavy (non-hydrogen) atoms. The largest absolute Gasteiger partial charge is 0.462 e. The minimum atomic E-state index is -0.136. The maximum Gasteiger partial charge on any atom is 0.306 e. The maximum absolute atomic E-state index is 13.5. The van der Waals surface area contributed by atoms with Crippen LogP contribution in [-0.2, 0) is 23.9 Å². The average molecular weight is 780 g/mol. The van der Waals surface area contributed by atoms with E-state index in [1.165, 1.54) is 140 Å². The number of ether oxygens (including phenoxy) is 2. The smallest absolute Gasteiger partial charge is 0.306 e. The molecule has 0 aromatic carbocycles. The zero-order chi connectivity index (χ0) is 39.3. The van der Waals surface area contributed by atoms with Crippen LogP contribution in [0, 0.1) is 5.92 Å². The Morgan fingerprint density at radius 3 is 1.22 bits per heavy atom. The van der Waals surface area contributed by atoms with Gasteiger partial charge in [0, 0.05) is 24.5 Å². The molecule has 318 valence electrons. The van der Waals surface area contributed by atoms with Crippen molar-refractivity contribution in [3.05, 3.63) is 0 Å². The van der Waals surface area contributed by atoms with Crippen molar-refractivity contribution in [1.29, 1.82) is 0 Å². The van der Waals surface area contributed by atoms with Crippen LogP contribution >= 0.6 is 11.8 Å². The van der Waals surface area contributed by atoms with E-state index in [1.807, 2.05) is 0 Å². The second-order valence-corrected chi connectivity index (χ2v) is 17.7.